The summed E-state index contributed by atoms with van der Waals surface area (Å²) in [6.45, 7) is 4.62. The van der Waals surface area contributed by atoms with Gasteiger partial charge in [-0.15, -0.1) is 0 Å². The summed E-state index contributed by atoms with van der Waals surface area (Å²) in [6, 6.07) is 6.16. The van der Waals surface area contributed by atoms with Gasteiger partial charge in [0.2, 0.25) is 0 Å². The van der Waals surface area contributed by atoms with Gasteiger partial charge in [0.15, 0.2) is 12.2 Å². The van der Waals surface area contributed by atoms with Crippen LogP contribution in [0, 0.1) is 6.92 Å². The van der Waals surface area contributed by atoms with Crippen LogP contribution in [0.2, 0.25) is 0 Å². The molecule has 10 nitrogen and oxygen atoms in total. The normalized spacial score (nSPS) is 16.6. The van der Waals surface area contributed by atoms with Gasteiger partial charge >= 0.3 is 0 Å². The lowest BCUT2D eigenvalue weighted by atomic mass is 9.94. The Labute approximate surface area is 236 Å². The Morgan fingerprint density at radius 3 is 2.90 bits per heavy atom. The maximum Gasteiger partial charge on any atom is 0.270 e. The highest BCUT2D eigenvalue weighted by molar-refractivity contribution is 7.59. The third-order valence-corrected chi connectivity index (χ3v) is 7.40. The van der Waals surface area contributed by atoms with E-state index in [0.29, 0.717) is 36.5 Å². The van der Waals surface area contributed by atoms with Crippen molar-refractivity contribution in [3.05, 3.63) is 65.3 Å². The number of β-amino-alcohol motifs (C(OH)–C–C–N with tert-alkyl or cyclic N) is 1. The van der Waals surface area contributed by atoms with Gasteiger partial charge in [0.25, 0.3) is 5.91 Å². The van der Waals surface area contributed by atoms with Crippen LogP contribution < -0.4 is 15.4 Å². The molecule has 2 aliphatic rings. The number of hydrogen-bond donors (Lipinski definition) is 3. The van der Waals surface area contributed by atoms with Crippen molar-refractivity contribution in [2.75, 3.05) is 25.0 Å². The zero-order valence-corrected chi connectivity index (χ0v) is 23.4. The molecule has 3 heterocycles. The van der Waals surface area contributed by atoms with E-state index in [1.807, 2.05) is 6.07 Å². The van der Waals surface area contributed by atoms with Crippen molar-refractivity contribution in [2.45, 2.75) is 70.7 Å². The molecule has 1 fully saturated rings. The van der Waals surface area contributed by atoms with Gasteiger partial charge in [-0.3, -0.25) is 9.69 Å². The molecule has 39 heavy (non-hydrogen) atoms. The zero-order valence-electron chi connectivity index (χ0n) is 22.4. The van der Waals surface area contributed by atoms with Gasteiger partial charge in [-0.25, -0.2) is 15.0 Å². The van der Waals surface area contributed by atoms with Crippen molar-refractivity contribution in [1.82, 2.24) is 25.2 Å². The number of nitrogens with one attached hydrogen (secondary N) is 2. The summed E-state index contributed by atoms with van der Waals surface area (Å²) in [7, 11) is 0. The van der Waals surface area contributed by atoms with Crippen molar-refractivity contribution in [1.29, 1.82) is 0 Å². The number of fused-ring (bicyclic) bond motifs is 1. The molecule has 0 spiro atoms. The van der Waals surface area contributed by atoms with Crippen LogP contribution in [0.5, 0.6) is 5.75 Å². The minimum atomic E-state index is -0.687. The number of nitrogens with zero attached hydrogens (tertiary/aromatic N) is 4. The average Bonchev–Trinajstić information content (AvgIpc) is 3.46. The molecule has 5 rings (SSSR count). The lowest BCUT2D eigenvalue weighted by Gasteiger charge is -2.31. The number of amides is 1. The molecule has 1 aliphatic heterocycles. The summed E-state index contributed by atoms with van der Waals surface area (Å²) >= 11 is 0. The zero-order chi connectivity index (χ0) is 26.3. The quantitative estimate of drug-likeness (QED) is 0.346. The van der Waals surface area contributed by atoms with E-state index in [0.717, 1.165) is 43.7 Å². The van der Waals surface area contributed by atoms with Gasteiger partial charge in [0, 0.05) is 38.3 Å². The van der Waals surface area contributed by atoms with Crippen molar-refractivity contribution < 1.29 is 19.1 Å². The monoisotopic (exact) mass is 554 g/mol. The maximum atomic E-state index is 12.7. The van der Waals surface area contributed by atoms with E-state index in [2.05, 4.69) is 43.5 Å². The van der Waals surface area contributed by atoms with Crippen molar-refractivity contribution in [3.63, 3.8) is 0 Å². The molecule has 0 saturated heterocycles. The molecule has 1 aromatic carbocycles. The van der Waals surface area contributed by atoms with Crippen LogP contribution in [0.3, 0.4) is 0 Å². The third-order valence-electron chi connectivity index (χ3n) is 7.40. The molecule has 1 saturated carbocycles. The minimum Gasteiger partial charge on any atom is -0.485 e. The molecule has 1 aliphatic carbocycles. The first kappa shape index (κ1) is 28.8. The number of carbonyl (C=O) groups is 1. The summed E-state index contributed by atoms with van der Waals surface area (Å²) in [5, 5.41) is 16.9. The van der Waals surface area contributed by atoms with Crippen molar-refractivity contribution >= 4 is 25.2 Å². The van der Waals surface area contributed by atoms with Crippen LogP contribution in [-0.2, 0) is 19.6 Å². The summed E-state index contributed by atoms with van der Waals surface area (Å²) in [5.41, 5.74) is 3.96. The second-order valence-electron chi connectivity index (χ2n) is 10.2. The van der Waals surface area contributed by atoms with E-state index >= 15 is 0 Å². The van der Waals surface area contributed by atoms with Gasteiger partial charge < -0.3 is 24.9 Å². The topological polar surface area (TPSA) is 126 Å². The molecule has 1 atom stereocenters. The number of hydrogen-bond acceptors (Lipinski definition) is 9. The largest absolute Gasteiger partial charge is 0.485 e. The lowest BCUT2D eigenvalue weighted by molar-refractivity contribution is 0.0837. The third kappa shape index (κ3) is 7.71. The number of aromatic nitrogens is 3. The molecular weight excluding hydrogens is 516 g/mol. The second kappa shape index (κ2) is 13.8. The Bertz CT molecular complexity index is 1220. The number of rotatable bonds is 10. The van der Waals surface area contributed by atoms with E-state index in [4.69, 9.17) is 9.15 Å². The van der Waals surface area contributed by atoms with Crippen LogP contribution in [0.25, 0.3) is 0 Å². The standard InChI is InChI=1S/C28H36N6O4.H2S/c1-19-24-9-10-34(14-20(24)7-8-26(19)37-16-23-13-29-18-38-23)15-22(35)12-30-28(36)25-11-27(32-17-31-25)33-21-5-3-2-4-6-21;/h7-8,11,13,17-18,21-22,35H,2-6,9-10,12,14-16H2,1H3,(H,30,36)(H,31,32,33);1H2/t22-;/m0./s1. The number of ether oxygens (including phenoxy) is 1. The fraction of sp³-hybridized carbons (Fsp3) is 0.500. The van der Waals surface area contributed by atoms with Gasteiger partial charge in [0.1, 0.15) is 30.2 Å². The second-order valence-corrected chi connectivity index (χ2v) is 10.2. The first-order valence-corrected chi connectivity index (χ1v) is 13.4. The van der Waals surface area contributed by atoms with Crippen molar-refractivity contribution in [2.24, 2.45) is 0 Å². The number of anilines is 1. The fourth-order valence-corrected chi connectivity index (χ4v) is 5.33. The molecule has 0 bridgehead atoms. The predicted molar refractivity (Wildman–Crippen MR) is 152 cm³/mol. The molecule has 1 amide bonds. The summed E-state index contributed by atoms with van der Waals surface area (Å²) < 4.78 is 11.2. The van der Waals surface area contributed by atoms with E-state index in [1.165, 1.54) is 43.1 Å². The molecule has 0 unspecified atom stereocenters. The van der Waals surface area contributed by atoms with Gasteiger partial charge in [-0.05, 0) is 48.9 Å². The highest BCUT2D eigenvalue weighted by Crippen LogP contribution is 2.30. The van der Waals surface area contributed by atoms with Gasteiger partial charge in [0.05, 0.1) is 12.3 Å². The Balaban J connectivity index is 0.00000353. The first-order valence-electron chi connectivity index (χ1n) is 13.4. The number of carbonyl (C=O) groups excluding carboxylic acids is 1. The summed E-state index contributed by atoms with van der Waals surface area (Å²) in [6.07, 6.45) is 10.6. The molecule has 210 valence electrons. The Morgan fingerprint density at radius 1 is 1.26 bits per heavy atom. The number of aliphatic hydroxyl groups excluding tert-OH is 1. The van der Waals surface area contributed by atoms with Crippen LogP contribution in [0.1, 0.15) is 65.0 Å². The number of oxazole rings is 1. The molecule has 3 aromatic rings. The summed E-state index contributed by atoms with van der Waals surface area (Å²) in [5.74, 6) is 1.89. The Hall–Kier alpha value is -3.15. The van der Waals surface area contributed by atoms with E-state index in [-0.39, 0.29) is 25.9 Å². The summed E-state index contributed by atoms with van der Waals surface area (Å²) in [4.78, 5) is 27.2. The van der Waals surface area contributed by atoms with Crippen LogP contribution in [-0.4, -0.2) is 62.6 Å². The van der Waals surface area contributed by atoms with Gasteiger partial charge in [-0.1, -0.05) is 25.3 Å². The maximum absolute atomic E-state index is 12.7. The van der Waals surface area contributed by atoms with Crippen LogP contribution in [0.15, 0.2) is 41.5 Å². The Kier molecular flexibility index (Phi) is 10.2. The van der Waals surface area contributed by atoms with Crippen LogP contribution >= 0.6 is 13.5 Å². The Morgan fingerprint density at radius 2 is 2.10 bits per heavy atom. The molecule has 11 heteroatoms. The SMILES string of the molecule is Cc1c(OCc2cnco2)ccc2c1CCN(C[C@@H](O)CNC(=O)c1cc(NC3CCCCC3)ncn1)C2.S. The highest BCUT2D eigenvalue weighted by Gasteiger charge is 2.22. The van der Waals surface area contributed by atoms with Crippen molar-refractivity contribution in [3.8, 4) is 5.75 Å². The highest BCUT2D eigenvalue weighted by atomic mass is 32.1. The minimum absolute atomic E-state index is 0. The molecule has 2 aromatic heterocycles. The first-order chi connectivity index (χ1) is 18.5. The molecular formula is C28H38N6O4S. The lowest BCUT2D eigenvalue weighted by Crippen LogP contribution is -2.42. The van der Waals surface area contributed by atoms with E-state index in [9.17, 15) is 9.90 Å². The number of benzene rings is 1. The smallest absolute Gasteiger partial charge is 0.270 e. The van der Waals surface area contributed by atoms with E-state index in [1.54, 1.807) is 12.3 Å². The fourth-order valence-electron chi connectivity index (χ4n) is 5.33. The number of aliphatic hydroxyl groups is 1. The average molecular weight is 555 g/mol. The van der Waals surface area contributed by atoms with E-state index < -0.39 is 6.10 Å². The molecule has 0 radical (unpaired) electrons. The predicted octanol–water partition coefficient (Wildman–Crippen LogP) is 3.36. The van der Waals surface area contributed by atoms with Crippen LogP contribution in [0.4, 0.5) is 5.82 Å². The van der Waals surface area contributed by atoms with Gasteiger partial charge in [-0.2, -0.15) is 13.5 Å². The molecule has 3 N–H and O–H groups in total.